The van der Waals surface area contributed by atoms with Gasteiger partial charge in [0.15, 0.2) is 0 Å². The molecular formula is C24H20ClN3O3. The molecule has 3 aromatic carbocycles. The van der Waals surface area contributed by atoms with Crippen LogP contribution in [0.4, 0.5) is 17.1 Å². The van der Waals surface area contributed by atoms with Gasteiger partial charge in [0.25, 0.3) is 5.91 Å². The molecule has 0 unspecified atom stereocenters. The molecule has 0 saturated carbocycles. The number of benzene rings is 3. The third-order valence-electron chi connectivity index (χ3n) is 5.10. The van der Waals surface area contributed by atoms with E-state index in [9.17, 15) is 14.4 Å². The van der Waals surface area contributed by atoms with Crippen LogP contribution in [0.15, 0.2) is 78.9 Å². The lowest BCUT2D eigenvalue weighted by Gasteiger charge is -2.17. The Kier molecular flexibility index (Phi) is 6.00. The Hall–Kier alpha value is -3.64. The molecule has 0 radical (unpaired) electrons. The normalized spacial score (nSPS) is 15.6. The van der Waals surface area contributed by atoms with E-state index in [1.807, 2.05) is 30.3 Å². The van der Waals surface area contributed by atoms with Crippen LogP contribution in [0.3, 0.4) is 0 Å². The Morgan fingerprint density at radius 1 is 0.871 bits per heavy atom. The van der Waals surface area contributed by atoms with Crippen molar-refractivity contribution in [3.8, 4) is 0 Å². The van der Waals surface area contributed by atoms with Crippen molar-refractivity contribution in [2.45, 2.75) is 6.42 Å². The molecule has 0 spiro atoms. The van der Waals surface area contributed by atoms with Gasteiger partial charge in [-0.1, -0.05) is 41.9 Å². The van der Waals surface area contributed by atoms with Gasteiger partial charge in [-0.3, -0.25) is 14.4 Å². The number of para-hydroxylation sites is 2. The smallest absolute Gasteiger partial charge is 0.257 e. The molecule has 1 saturated heterocycles. The highest BCUT2D eigenvalue weighted by atomic mass is 35.5. The van der Waals surface area contributed by atoms with Gasteiger partial charge in [0, 0.05) is 29.4 Å². The first-order valence-corrected chi connectivity index (χ1v) is 10.2. The largest absolute Gasteiger partial charge is 0.325 e. The van der Waals surface area contributed by atoms with E-state index < -0.39 is 5.92 Å². The summed E-state index contributed by atoms with van der Waals surface area (Å²) in [4.78, 5) is 39.7. The lowest BCUT2D eigenvalue weighted by Crippen LogP contribution is -2.28. The van der Waals surface area contributed by atoms with Gasteiger partial charge in [-0.2, -0.15) is 0 Å². The van der Waals surface area contributed by atoms with Crippen LogP contribution in [0.25, 0.3) is 0 Å². The summed E-state index contributed by atoms with van der Waals surface area (Å²) in [6.45, 7) is 0.299. The van der Waals surface area contributed by atoms with Crippen LogP contribution in [-0.4, -0.2) is 24.3 Å². The standard InChI is InChI=1S/C24H20ClN3O3/c25-17-10-12-18(13-11-17)26-24(31)20-8-4-5-9-21(20)27-23(30)16-14-22(29)28(15-16)19-6-2-1-3-7-19/h1-13,16H,14-15H2,(H,26,31)(H,27,30)/t16-/m0/s1. The fraction of sp³-hybridized carbons (Fsp3) is 0.125. The number of nitrogens with one attached hydrogen (secondary N) is 2. The maximum absolute atomic E-state index is 12.9. The zero-order valence-corrected chi connectivity index (χ0v) is 17.3. The number of hydrogen-bond donors (Lipinski definition) is 2. The molecule has 0 bridgehead atoms. The van der Waals surface area contributed by atoms with Crippen molar-refractivity contribution in [1.29, 1.82) is 0 Å². The summed E-state index contributed by atoms with van der Waals surface area (Å²) in [6.07, 6.45) is 0.125. The van der Waals surface area contributed by atoms with Gasteiger partial charge in [0.05, 0.1) is 17.2 Å². The van der Waals surface area contributed by atoms with Gasteiger partial charge in [-0.15, -0.1) is 0 Å². The SMILES string of the molecule is O=C(Nc1ccc(Cl)cc1)c1ccccc1NC(=O)[C@H]1CC(=O)N(c2ccccc2)C1. The Morgan fingerprint density at radius 3 is 2.29 bits per heavy atom. The van der Waals surface area contributed by atoms with E-state index in [0.717, 1.165) is 5.69 Å². The van der Waals surface area contributed by atoms with Crippen LogP contribution in [0.1, 0.15) is 16.8 Å². The maximum Gasteiger partial charge on any atom is 0.257 e. The Balaban J connectivity index is 1.46. The van der Waals surface area contributed by atoms with E-state index in [-0.39, 0.29) is 24.1 Å². The molecule has 1 aliphatic rings. The summed E-state index contributed by atoms with van der Waals surface area (Å²) in [5.74, 6) is -1.25. The van der Waals surface area contributed by atoms with Gasteiger partial charge in [0.2, 0.25) is 11.8 Å². The molecule has 1 aliphatic heterocycles. The summed E-state index contributed by atoms with van der Waals surface area (Å²) in [6, 6.07) is 22.8. The van der Waals surface area contributed by atoms with Crippen molar-refractivity contribution >= 4 is 46.4 Å². The molecule has 4 rings (SSSR count). The number of halogens is 1. The van der Waals surface area contributed by atoms with Crippen LogP contribution < -0.4 is 15.5 Å². The molecule has 6 nitrogen and oxygen atoms in total. The molecule has 1 heterocycles. The molecule has 0 aliphatic carbocycles. The fourth-order valence-corrected chi connectivity index (χ4v) is 3.62. The molecule has 1 fully saturated rings. The zero-order chi connectivity index (χ0) is 21.8. The molecule has 1 atom stereocenters. The highest BCUT2D eigenvalue weighted by Gasteiger charge is 2.35. The third kappa shape index (κ3) is 4.75. The number of amides is 3. The minimum absolute atomic E-state index is 0.0971. The second-order valence-electron chi connectivity index (χ2n) is 7.24. The van der Waals surface area contributed by atoms with Crippen molar-refractivity contribution in [1.82, 2.24) is 0 Å². The number of hydrogen-bond acceptors (Lipinski definition) is 3. The van der Waals surface area contributed by atoms with Crippen molar-refractivity contribution in [3.63, 3.8) is 0 Å². The third-order valence-corrected chi connectivity index (χ3v) is 5.35. The first kappa shape index (κ1) is 20.6. The van der Waals surface area contributed by atoms with E-state index in [2.05, 4.69) is 10.6 Å². The number of carbonyl (C=O) groups is 3. The highest BCUT2D eigenvalue weighted by molar-refractivity contribution is 6.30. The summed E-state index contributed by atoms with van der Waals surface area (Å²) in [5.41, 5.74) is 2.08. The predicted octanol–water partition coefficient (Wildman–Crippen LogP) is 4.58. The topological polar surface area (TPSA) is 78.5 Å². The Labute approximate surface area is 184 Å². The molecule has 156 valence electrons. The van der Waals surface area contributed by atoms with Crippen molar-refractivity contribution in [2.24, 2.45) is 5.92 Å². The molecule has 31 heavy (non-hydrogen) atoms. The van der Waals surface area contributed by atoms with Gasteiger partial charge in [-0.05, 0) is 48.5 Å². The minimum atomic E-state index is -0.500. The van der Waals surface area contributed by atoms with Gasteiger partial charge in [-0.25, -0.2) is 0 Å². The average Bonchev–Trinajstić information content (AvgIpc) is 3.18. The fourth-order valence-electron chi connectivity index (χ4n) is 3.50. The second kappa shape index (κ2) is 9.02. The van der Waals surface area contributed by atoms with Gasteiger partial charge < -0.3 is 15.5 Å². The summed E-state index contributed by atoms with van der Waals surface area (Å²) < 4.78 is 0. The van der Waals surface area contributed by atoms with Crippen molar-refractivity contribution in [3.05, 3.63) is 89.4 Å². The maximum atomic E-state index is 12.9. The number of rotatable bonds is 5. The zero-order valence-electron chi connectivity index (χ0n) is 16.5. The lowest BCUT2D eigenvalue weighted by molar-refractivity contribution is -0.122. The predicted molar refractivity (Wildman–Crippen MR) is 121 cm³/mol. The monoisotopic (exact) mass is 433 g/mol. The van der Waals surface area contributed by atoms with Crippen LogP contribution in [0, 0.1) is 5.92 Å². The van der Waals surface area contributed by atoms with Crippen LogP contribution in [0.2, 0.25) is 5.02 Å². The number of anilines is 3. The van der Waals surface area contributed by atoms with E-state index in [1.165, 1.54) is 0 Å². The van der Waals surface area contributed by atoms with Crippen molar-refractivity contribution in [2.75, 3.05) is 22.1 Å². The van der Waals surface area contributed by atoms with Crippen LogP contribution >= 0.6 is 11.6 Å². The van der Waals surface area contributed by atoms with E-state index >= 15 is 0 Å². The molecular weight excluding hydrogens is 414 g/mol. The molecule has 3 aromatic rings. The van der Waals surface area contributed by atoms with Gasteiger partial charge >= 0.3 is 0 Å². The number of nitrogens with zero attached hydrogens (tertiary/aromatic N) is 1. The summed E-state index contributed by atoms with van der Waals surface area (Å²) in [7, 11) is 0. The number of carbonyl (C=O) groups excluding carboxylic acids is 3. The summed E-state index contributed by atoms with van der Waals surface area (Å²) >= 11 is 5.88. The molecule has 2 N–H and O–H groups in total. The van der Waals surface area contributed by atoms with Gasteiger partial charge in [0.1, 0.15) is 0 Å². The van der Waals surface area contributed by atoms with Crippen LogP contribution in [0.5, 0.6) is 0 Å². The first-order valence-electron chi connectivity index (χ1n) is 9.83. The first-order chi connectivity index (χ1) is 15.0. The Morgan fingerprint density at radius 2 is 1.55 bits per heavy atom. The molecule has 3 amide bonds. The molecule has 7 heteroatoms. The second-order valence-corrected chi connectivity index (χ2v) is 7.67. The van der Waals surface area contributed by atoms with E-state index in [1.54, 1.807) is 53.4 Å². The minimum Gasteiger partial charge on any atom is -0.325 e. The summed E-state index contributed by atoms with van der Waals surface area (Å²) in [5, 5.41) is 6.18. The molecule has 0 aromatic heterocycles. The lowest BCUT2D eigenvalue weighted by atomic mass is 10.1. The van der Waals surface area contributed by atoms with Crippen LogP contribution in [-0.2, 0) is 9.59 Å². The quantitative estimate of drug-likeness (QED) is 0.618. The van der Waals surface area contributed by atoms with E-state index in [4.69, 9.17) is 11.6 Å². The Bertz CT molecular complexity index is 1120. The van der Waals surface area contributed by atoms with E-state index in [0.29, 0.717) is 28.5 Å². The average molecular weight is 434 g/mol. The van der Waals surface area contributed by atoms with Crippen molar-refractivity contribution < 1.29 is 14.4 Å². The highest BCUT2D eigenvalue weighted by Crippen LogP contribution is 2.26.